The van der Waals surface area contributed by atoms with Gasteiger partial charge in [-0.1, -0.05) is 61.7 Å². The van der Waals surface area contributed by atoms with Crippen LogP contribution in [0.5, 0.6) is 0 Å². The van der Waals surface area contributed by atoms with Gasteiger partial charge >= 0.3 is 5.97 Å². The van der Waals surface area contributed by atoms with Gasteiger partial charge in [0.2, 0.25) is 0 Å². The molecule has 0 spiro atoms. The van der Waals surface area contributed by atoms with Gasteiger partial charge in [0, 0.05) is 27.8 Å². The molecule has 28 heavy (non-hydrogen) atoms. The fourth-order valence-electron chi connectivity index (χ4n) is 2.98. The zero-order valence-electron chi connectivity index (χ0n) is 16.6. The molecule has 3 N–H and O–H groups in total. The number of anilines is 1. The molecule has 2 aromatic rings. The molecule has 2 atom stereocenters. The molecule has 0 saturated carbocycles. The summed E-state index contributed by atoms with van der Waals surface area (Å²) in [6, 6.07) is 10.8. The Bertz CT molecular complexity index is 794. The van der Waals surface area contributed by atoms with E-state index in [0.717, 1.165) is 29.5 Å². The second-order valence-electron chi connectivity index (χ2n) is 7.12. The van der Waals surface area contributed by atoms with Gasteiger partial charge in [-0.2, -0.15) is 0 Å². The Balaban J connectivity index is 2.16. The highest BCUT2D eigenvalue weighted by atomic mass is 35.5. The van der Waals surface area contributed by atoms with E-state index in [2.05, 4.69) is 19.2 Å². The fraction of sp³-hybridized carbons (Fsp3) is 0.409. The van der Waals surface area contributed by atoms with Crippen LogP contribution >= 0.6 is 23.2 Å². The summed E-state index contributed by atoms with van der Waals surface area (Å²) in [5.74, 6) is 0.202. The first kappa shape index (κ1) is 22.5. The van der Waals surface area contributed by atoms with E-state index < -0.39 is 6.04 Å². The number of nitrogens with two attached hydrogens (primary N) is 1. The number of hydrogen-bond donors (Lipinski definition) is 2. The summed E-state index contributed by atoms with van der Waals surface area (Å²) in [4.78, 5) is 12.3. The summed E-state index contributed by atoms with van der Waals surface area (Å²) >= 11 is 13.0. The lowest BCUT2D eigenvalue weighted by atomic mass is 9.97. The average Bonchev–Trinajstić information content (AvgIpc) is 2.69. The predicted octanol–water partition coefficient (Wildman–Crippen LogP) is 5.04. The van der Waals surface area contributed by atoms with Gasteiger partial charge in [0.25, 0.3) is 0 Å². The number of esters is 1. The van der Waals surface area contributed by atoms with E-state index in [1.54, 1.807) is 0 Å². The lowest BCUT2D eigenvalue weighted by Crippen LogP contribution is -2.39. The van der Waals surface area contributed by atoms with Crippen LogP contribution in [0.1, 0.15) is 37.0 Å². The van der Waals surface area contributed by atoms with Crippen LogP contribution in [0.2, 0.25) is 10.0 Å². The van der Waals surface area contributed by atoms with E-state index in [4.69, 9.17) is 33.7 Å². The molecule has 4 nitrogen and oxygen atoms in total. The Hall–Kier alpha value is -1.75. The Morgan fingerprint density at radius 3 is 2.43 bits per heavy atom. The molecular weight excluding hydrogens is 395 g/mol. The fourth-order valence-corrected chi connectivity index (χ4v) is 3.56. The molecule has 2 aromatic carbocycles. The maximum absolute atomic E-state index is 12.3. The molecule has 0 heterocycles. The van der Waals surface area contributed by atoms with Crippen molar-refractivity contribution in [3.63, 3.8) is 0 Å². The summed E-state index contributed by atoms with van der Waals surface area (Å²) in [6.07, 6.45) is 2.46. The first-order valence-electron chi connectivity index (χ1n) is 9.47. The zero-order valence-corrected chi connectivity index (χ0v) is 18.1. The van der Waals surface area contributed by atoms with Gasteiger partial charge in [0.05, 0.1) is 7.11 Å². The highest BCUT2D eigenvalue weighted by Crippen LogP contribution is 2.30. The number of nitrogens with one attached hydrogen (secondary N) is 1. The van der Waals surface area contributed by atoms with Crippen molar-refractivity contribution < 1.29 is 9.53 Å². The van der Waals surface area contributed by atoms with Crippen LogP contribution in [0.25, 0.3) is 0 Å². The summed E-state index contributed by atoms with van der Waals surface area (Å²) in [6.45, 7) is 4.73. The van der Waals surface area contributed by atoms with Crippen LogP contribution in [0.4, 0.5) is 5.69 Å². The zero-order chi connectivity index (χ0) is 20.7. The average molecular weight is 423 g/mol. The predicted molar refractivity (Wildman–Crippen MR) is 117 cm³/mol. The molecular formula is C22H28Cl2N2O2. The second kappa shape index (κ2) is 10.7. The number of rotatable bonds is 9. The molecule has 0 aliphatic rings. The topological polar surface area (TPSA) is 64.3 Å². The van der Waals surface area contributed by atoms with Crippen molar-refractivity contribution in [1.29, 1.82) is 0 Å². The SMILES string of the molecule is CC[C@@H](C)Cc1ccc(Cl)c(CNC(Cc2ccc(N)cc2)C(=O)OC)c1Cl. The second-order valence-corrected chi connectivity index (χ2v) is 7.90. The van der Waals surface area contributed by atoms with Crippen LogP contribution in [0, 0.1) is 5.92 Å². The van der Waals surface area contributed by atoms with E-state index in [1.165, 1.54) is 7.11 Å². The van der Waals surface area contributed by atoms with Crippen LogP contribution in [-0.2, 0) is 28.9 Å². The van der Waals surface area contributed by atoms with Gasteiger partial charge in [0.1, 0.15) is 6.04 Å². The number of methoxy groups -OCH3 is 1. The lowest BCUT2D eigenvalue weighted by Gasteiger charge is -2.19. The number of ether oxygens (including phenoxy) is 1. The summed E-state index contributed by atoms with van der Waals surface area (Å²) < 4.78 is 4.96. The van der Waals surface area contributed by atoms with Crippen molar-refractivity contribution in [3.8, 4) is 0 Å². The number of carbonyl (C=O) groups excluding carboxylic acids is 1. The summed E-state index contributed by atoms with van der Waals surface area (Å²) in [5, 5.41) is 4.50. The normalized spacial score (nSPS) is 13.2. The van der Waals surface area contributed by atoms with E-state index in [1.807, 2.05) is 36.4 Å². The van der Waals surface area contributed by atoms with Crippen molar-refractivity contribution in [1.82, 2.24) is 5.32 Å². The standard InChI is InChI=1S/C22H28Cl2N2O2/c1-4-14(2)11-16-7-10-19(23)18(21(16)24)13-26-20(22(27)28-3)12-15-5-8-17(25)9-6-15/h5-10,14,20,26H,4,11-13,25H2,1-3H3/t14-,20?/m1/s1. The molecule has 0 radical (unpaired) electrons. The van der Waals surface area contributed by atoms with Crippen molar-refractivity contribution in [2.75, 3.05) is 12.8 Å². The van der Waals surface area contributed by atoms with Gasteiger partial charge in [-0.3, -0.25) is 10.1 Å². The molecule has 0 aromatic heterocycles. The molecule has 6 heteroatoms. The molecule has 1 unspecified atom stereocenters. The third-order valence-electron chi connectivity index (χ3n) is 4.96. The molecule has 0 saturated heterocycles. The Morgan fingerprint density at radius 1 is 1.14 bits per heavy atom. The van der Waals surface area contributed by atoms with Gasteiger partial charge < -0.3 is 10.5 Å². The molecule has 0 aliphatic carbocycles. The van der Waals surface area contributed by atoms with Crippen molar-refractivity contribution in [2.24, 2.45) is 5.92 Å². The number of carbonyl (C=O) groups is 1. The maximum atomic E-state index is 12.3. The third kappa shape index (κ3) is 6.13. The number of benzene rings is 2. The van der Waals surface area contributed by atoms with Crippen LogP contribution < -0.4 is 11.1 Å². The lowest BCUT2D eigenvalue weighted by molar-refractivity contribution is -0.143. The monoisotopic (exact) mass is 422 g/mol. The quantitative estimate of drug-likeness (QED) is 0.438. The maximum Gasteiger partial charge on any atom is 0.323 e. The van der Waals surface area contributed by atoms with Crippen LogP contribution in [-0.4, -0.2) is 19.1 Å². The van der Waals surface area contributed by atoms with E-state index in [0.29, 0.717) is 34.6 Å². The minimum absolute atomic E-state index is 0.333. The van der Waals surface area contributed by atoms with Gasteiger partial charge in [-0.25, -0.2) is 0 Å². The Morgan fingerprint density at radius 2 is 1.82 bits per heavy atom. The van der Waals surface area contributed by atoms with Crippen molar-refractivity contribution in [3.05, 3.63) is 63.1 Å². The first-order chi connectivity index (χ1) is 13.3. The van der Waals surface area contributed by atoms with Crippen molar-refractivity contribution in [2.45, 2.75) is 45.7 Å². The largest absolute Gasteiger partial charge is 0.468 e. The highest BCUT2D eigenvalue weighted by Gasteiger charge is 2.21. The first-order valence-corrected chi connectivity index (χ1v) is 10.2. The number of halogens is 2. The minimum atomic E-state index is -0.515. The van der Waals surface area contributed by atoms with Crippen molar-refractivity contribution >= 4 is 34.9 Å². The van der Waals surface area contributed by atoms with Gasteiger partial charge in [-0.05, 0) is 48.1 Å². The summed E-state index contributed by atoms with van der Waals surface area (Å²) in [7, 11) is 1.38. The summed E-state index contributed by atoms with van der Waals surface area (Å²) in [5.41, 5.74) is 9.28. The van der Waals surface area contributed by atoms with E-state index in [-0.39, 0.29) is 5.97 Å². The molecule has 0 fully saturated rings. The smallest absolute Gasteiger partial charge is 0.323 e. The van der Waals surface area contributed by atoms with E-state index >= 15 is 0 Å². The van der Waals surface area contributed by atoms with Crippen LogP contribution in [0.3, 0.4) is 0 Å². The van der Waals surface area contributed by atoms with Gasteiger partial charge in [0.15, 0.2) is 0 Å². The third-order valence-corrected chi connectivity index (χ3v) is 5.79. The Labute approximate surface area is 177 Å². The highest BCUT2D eigenvalue weighted by molar-refractivity contribution is 6.36. The van der Waals surface area contributed by atoms with Gasteiger partial charge in [-0.15, -0.1) is 0 Å². The molecule has 2 rings (SSSR count). The number of hydrogen-bond acceptors (Lipinski definition) is 4. The van der Waals surface area contributed by atoms with E-state index in [9.17, 15) is 4.79 Å². The number of nitrogen functional groups attached to an aromatic ring is 1. The minimum Gasteiger partial charge on any atom is -0.468 e. The molecule has 0 aliphatic heterocycles. The van der Waals surface area contributed by atoms with Crippen LogP contribution in [0.15, 0.2) is 36.4 Å². The Kier molecular flexibility index (Phi) is 8.61. The molecule has 0 amide bonds. The molecule has 0 bridgehead atoms. The molecule has 152 valence electrons.